The van der Waals surface area contributed by atoms with Crippen LogP contribution in [0.2, 0.25) is 0 Å². The molecule has 2 aliphatic rings. The first-order valence-corrected chi connectivity index (χ1v) is 8.67. The molecule has 1 aromatic heterocycles. The summed E-state index contributed by atoms with van der Waals surface area (Å²) in [4.78, 5) is 28.7. The van der Waals surface area contributed by atoms with Gasteiger partial charge in [0.25, 0.3) is 0 Å². The quantitative estimate of drug-likeness (QED) is 0.896. The van der Waals surface area contributed by atoms with Crippen molar-refractivity contribution in [2.45, 2.75) is 26.5 Å². The molecule has 1 atom stereocenters. The number of hydrogen-bond donors (Lipinski definition) is 1. The molecule has 7 nitrogen and oxygen atoms in total. The molecule has 0 radical (unpaired) electrons. The van der Waals surface area contributed by atoms with Crippen LogP contribution in [0.5, 0.6) is 0 Å². The number of cyclic esters (lactones) is 1. The van der Waals surface area contributed by atoms with E-state index in [4.69, 9.17) is 4.74 Å². The molecule has 1 saturated heterocycles. The molecular weight excluding hydrogens is 351 g/mol. The van der Waals surface area contributed by atoms with Crippen molar-refractivity contribution >= 4 is 29.3 Å². The van der Waals surface area contributed by atoms with Crippen molar-refractivity contribution in [3.05, 3.63) is 47.3 Å². The number of allylic oxidation sites excluding steroid dienone is 1. The number of imidazole rings is 1. The molecule has 1 N–H and O–H groups in total. The zero-order chi connectivity index (χ0) is 19.1. The lowest BCUT2D eigenvalue weighted by Gasteiger charge is -2.15. The molecule has 0 saturated carbocycles. The molecule has 0 bridgehead atoms. The van der Waals surface area contributed by atoms with E-state index in [9.17, 15) is 14.0 Å². The molecule has 1 aromatic carbocycles. The number of benzene rings is 1. The Morgan fingerprint density at radius 1 is 1.44 bits per heavy atom. The van der Waals surface area contributed by atoms with Gasteiger partial charge in [0.05, 0.1) is 37.2 Å². The first-order valence-electron chi connectivity index (χ1n) is 8.67. The molecule has 4 rings (SSSR count). The van der Waals surface area contributed by atoms with Crippen LogP contribution in [0.4, 0.5) is 14.9 Å². The Hall–Kier alpha value is -3.16. The van der Waals surface area contributed by atoms with Crippen LogP contribution >= 0.6 is 0 Å². The summed E-state index contributed by atoms with van der Waals surface area (Å²) in [5.41, 5.74) is 2.76. The van der Waals surface area contributed by atoms with Crippen LogP contribution in [0.25, 0.3) is 11.6 Å². The van der Waals surface area contributed by atoms with E-state index in [0.29, 0.717) is 17.8 Å². The molecule has 1 fully saturated rings. The summed E-state index contributed by atoms with van der Waals surface area (Å²) in [7, 11) is 0. The smallest absolute Gasteiger partial charge is 0.414 e. The van der Waals surface area contributed by atoms with Gasteiger partial charge < -0.3 is 14.6 Å². The zero-order valence-corrected chi connectivity index (χ0v) is 15.0. The van der Waals surface area contributed by atoms with E-state index in [-0.39, 0.29) is 19.0 Å². The van der Waals surface area contributed by atoms with Gasteiger partial charge in [-0.05, 0) is 36.8 Å². The SMILES string of the molecule is CC(=O)NC[C@H]1CN(c2ccc(C3=Cc4cnc(C)n4C3)c(F)c2)C(=O)O1. The predicted molar refractivity (Wildman–Crippen MR) is 97.5 cm³/mol. The molecule has 0 unspecified atom stereocenters. The van der Waals surface area contributed by atoms with Gasteiger partial charge in [-0.2, -0.15) is 0 Å². The van der Waals surface area contributed by atoms with Crippen molar-refractivity contribution in [2.24, 2.45) is 0 Å². The van der Waals surface area contributed by atoms with E-state index in [1.54, 1.807) is 18.3 Å². The molecule has 0 spiro atoms. The molecule has 2 aliphatic heterocycles. The minimum absolute atomic E-state index is 0.194. The second-order valence-corrected chi connectivity index (χ2v) is 6.70. The van der Waals surface area contributed by atoms with Crippen LogP contribution in [0.15, 0.2) is 24.4 Å². The average molecular weight is 370 g/mol. The summed E-state index contributed by atoms with van der Waals surface area (Å²) in [5.74, 6) is 0.298. The number of hydrogen-bond acceptors (Lipinski definition) is 4. The maximum absolute atomic E-state index is 14.8. The van der Waals surface area contributed by atoms with Crippen LogP contribution in [-0.4, -0.2) is 40.7 Å². The number of carbonyl (C=O) groups excluding carboxylic acids is 2. The minimum atomic E-state index is -0.546. The number of halogens is 1. The Morgan fingerprint density at radius 3 is 2.96 bits per heavy atom. The standard InChI is InChI=1S/C19H19FN4O3/c1-11-21-7-15-5-13(9-23(11)15)17-4-3-14(6-18(17)20)24-10-16(27-19(24)26)8-22-12(2)25/h3-7,16H,8-10H2,1-2H3,(H,22,25)/t16-/m0/s1. The second-order valence-electron chi connectivity index (χ2n) is 6.70. The monoisotopic (exact) mass is 370 g/mol. The van der Waals surface area contributed by atoms with E-state index in [1.807, 2.05) is 17.6 Å². The topological polar surface area (TPSA) is 76.5 Å². The fraction of sp³-hybridized carbons (Fsp3) is 0.316. The molecule has 2 amide bonds. The third-order valence-corrected chi connectivity index (χ3v) is 4.80. The maximum Gasteiger partial charge on any atom is 0.414 e. The first kappa shape index (κ1) is 17.3. The van der Waals surface area contributed by atoms with Gasteiger partial charge in [-0.15, -0.1) is 0 Å². The number of nitrogens with one attached hydrogen (secondary N) is 1. The van der Waals surface area contributed by atoms with Gasteiger partial charge in [0.1, 0.15) is 17.7 Å². The summed E-state index contributed by atoms with van der Waals surface area (Å²) in [6.07, 6.45) is 2.69. The summed E-state index contributed by atoms with van der Waals surface area (Å²) >= 11 is 0. The number of rotatable bonds is 4. The van der Waals surface area contributed by atoms with Gasteiger partial charge in [0.15, 0.2) is 0 Å². The third-order valence-electron chi connectivity index (χ3n) is 4.80. The number of fused-ring (bicyclic) bond motifs is 1. The third kappa shape index (κ3) is 3.18. The Labute approximate surface area is 155 Å². The van der Waals surface area contributed by atoms with Crippen molar-refractivity contribution in [3.8, 4) is 0 Å². The van der Waals surface area contributed by atoms with E-state index < -0.39 is 18.0 Å². The molecule has 140 valence electrons. The summed E-state index contributed by atoms with van der Waals surface area (Å²) in [5, 5.41) is 2.62. The number of ether oxygens (including phenoxy) is 1. The van der Waals surface area contributed by atoms with E-state index in [0.717, 1.165) is 17.1 Å². The van der Waals surface area contributed by atoms with Crippen LogP contribution in [-0.2, 0) is 16.1 Å². The zero-order valence-electron chi connectivity index (χ0n) is 15.0. The van der Waals surface area contributed by atoms with Gasteiger partial charge in [0, 0.05) is 12.5 Å². The van der Waals surface area contributed by atoms with Crippen LogP contribution in [0.3, 0.4) is 0 Å². The highest BCUT2D eigenvalue weighted by atomic mass is 19.1. The first-order chi connectivity index (χ1) is 12.9. The number of anilines is 1. The lowest BCUT2D eigenvalue weighted by atomic mass is 10.0. The lowest BCUT2D eigenvalue weighted by molar-refractivity contribution is -0.119. The molecule has 27 heavy (non-hydrogen) atoms. The van der Waals surface area contributed by atoms with Crippen molar-refractivity contribution in [1.82, 2.24) is 14.9 Å². The number of amides is 2. The maximum atomic E-state index is 14.8. The van der Waals surface area contributed by atoms with Crippen LogP contribution < -0.4 is 10.2 Å². The summed E-state index contributed by atoms with van der Waals surface area (Å²) in [6, 6.07) is 4.73. The normalized spacial score (nSPS) is 18.3. The highest BCUT2D eigenvalue weighted by molar-refractivity contribution is 5.91. The Balaban J connectivity index is 1.51. The van der Waals surface area contributed by atoms with Gasteiger partial charge in [-0.3, -0.25) is 9.69 Å². The van der Waals surface area contributed by atoms with E-state index in [1.165, 1.54) is 17.9 Å². The highest BCUT2D eigenvalue weighted by Gasteiger charge is 2.33. The number of nitrogens with zero attached hydrogens (tertiary/aromatic N) is 3. The van der Waals surface area contributed by atoms with Gasteiger partial charge in [-0.25, -0.2) is 14.2 Å². The van der Waals surface area contributed by atoms with E-state index >= 15 is 0 Å². The Kier molecular flexibility index (Phi) is 4.18. The molecule has 8 heteroatoms. The molecule has 3 heterocycles. The number of carbonyl (C=O) groups is 2. The average Bonchev–Trinajstić information content (AvgIpc) is 3.29. The summed E-state index contributed by atoms with van der Waals surface area (Å²) < 4.78 is 22.0. The van der Waals surface area contributed by atoms with Gasteiger partial charge in [-0.1, -0.05) is 0 Å². The molecule has 2 aromatic rings. The lowest BCUT2D eigenvalue weighted by Crippen LogP contribution is -2.33. The Morgan fingerprint density at radius 2 is 2.26 bits per heavy atom. The Bertz CT molecular complexity index is 966. The number of aromatic nitrogens is 2. The van der Waals surface area contributed by atoms with Crippen molar-refractivity contribution < 1.29 is 18.7 Å². The minimum Gasteiger partial charge on any atom is -0.442 e. The second kappa shape index (κ2) is 6.53. The van der Waals surface area contributed by atoms with Gasteiger partial charge in [0.2, 0.25) is 5.91 Å². The predicted octanol–water partition coefficient (Wildman–Crippen LogP) is 2.35. The van der Waals surface area contributed by atoms with Crippen LogP contribution in [0, 0.1) is 12.7 Å². The molecule has 0 aliphatic carbocycles. The largest absolute Gasteiger partial charge is 0.442 e. The van der Waals surface area contributed by atoms with E-state index in [2.05, 4.69) is 10.3 Å². The number of aryl methyl sites for hydroxylation is 1. The fourth-order valence-corrected chi connectivity index (χ4v) is 3.39. The highest BCUT2D eigenvalue weighted by Crippen LogP contribution is 2.32. The van der Waals surface area contributed by atoms with Crippen molar-refractivity contribution in [3.63, 3.8) is 0 Å². The fourth-order valence-electron chi connectivity index (χ4n) is 3.39. The van der Waals surface area contributed by atoms with Crippen molar-refractivity contribution in [2.75, 3.05) is 18.0 Å². The van der Waals surface area contributed by atoms with Crippen LogP contribution in [0.1, 0.15) is 24.0 Å². The van der Waals surface area contributed by atoms with Gasteiger partial charge >= 0.3 is 6.09 Å². The van der Waals surface area contributed by atoms with Crippen molar-refractivity contribution in [1.29, 1.82) is 0 Å². The molecular formula is C19H19FN4O3. The summed E-state index contributed by atoms with van der Waals surface area (Å²) in [6.45, 7) is 4.38.